The van der Waals surface area contributed by atoms with Gasteiger partial charge < -0.3 is 9.47 Å². The van der Waals surface area contributed by atoms with E-state index in [0.29, 0.717) is 24.7 Å². The van der Waals surface area contributed by atoms with Gasteiger partial charge in [0.25, 0.3) is 0 Å². The molecule has 0 unspecified atom stereocenters. The number of ether oxygens (including phenoxy) is 2. The first-order valence-corrected chi connectivity index (χ1v) is 6.91. The van der Waals surface area contributed by atoms with Crippen molar-refractivity contribution < 1.29 is 14.3 Å². The maximum Gasteiger partial charge on any atom is 0.338 e. The van der Waals surface area contributed by atoms with Crippen LogP contribution in [0.1, 0.15) is 42.6 Å². The topological polar surface area (TPSA) is 35.5 Å². The highest BCUT2D eigenvalue weighted by atomic mass is 16.6. The van der Waals surface area contributed by atoms with Gasteiger partial charge in [-0.1, -0.05) is 31.5 Å². The standard InChI is InChI=1S/C16H24O3/c1-13(2)5-4-10-18-11-12-19-16(17)15-8-6-14(3)7-9-15/h6-9,13H,4-5,10-12H2,1-3H3. The molecule has 0 fully saturated rings. The van der Waals surface area contributed by atoms with Crippen LogP contribution < -0.4 is 0 Å². The number of benzene rings is 1. The monoisotopic (exact) mass is 264 g/mol. The Hall–Kier alpha value is -1.35. The molecule has 1 rings (SSSR count). The molecule has 1 aromatic rings. The molecule has 0 saturated heterocycles. The molecule has 3 heteroatoms. The first-order chi connectivity index (χ1) is 9.09. The fourth-order valence-electron chi connectivity index (χ4n) is 1.66. The Morgan fingerprint density at radius 3 is 2.42 bits per heavy atom. The summed E-state index contributed by atoms with van der Waals surface area (Å²) in [5.41, 5.74) is 1.72. The molecule has 0 amide bonds. The number of aryl methyl sites for hydroxylation is 1. The van der Waals surface area contributed by atoms with Gasteiger partial charge in [0.2, 0.25) is 0 Å². The minimum Gasteiger partial charge on any atom is -0.460 e. The molecule has 0 N–H and O–H groups in total. The van der Waals surface area contributed by atoms with E-state index in [2.05, 4.69) is 13.8 Å². The molecule has 3 nitrogen and oxygen atoms in total. The van der Waals surface area contributed by atoms with E-state index >= 15 is 0 Å². The lowest BCUT2D eigenvalue weighted by molar-refractivity contribution is 0.0310. The van der Waals surface area contributed by atoms with E-state index in [0.717, 1.165) is 18.6 Å². The van der Waals surface area contributed by atoms with E-state index in [9.17, 15) is 4.79 Å². The zero-order chi connectivity index (χ0) is 14.1. The van der Waals surface area contributed by atoms with Crippen LogP contribution in [0.25, 0.3) is 0 Å². The Labute approximate surface area is 115 Å². The lowest BCUT2D eigenvalue weighted by Gasteiger charge is -2.07. The molecule has 0 aliphatic rings. The molecule has 0 saturated carbocycles. The summed E-state index contributed by atoms with van der Waals surface area (Å²) in [6, 6.07) is 7.36. The summed E-state index contributed by atoms with van der Waals surface area (Å²) < 4.78 is 10.5. The van der Waals surface area contributed by atoms with E-state index in [1.807, 2.05) is 19.1 Å². The van der Waals surface area contributed by atoms with Crippen LogP contribution in [0.15, 0.2) is 24.3 Å². The zero-order valence-corrected chi connectivity index (χ0v) is 12.1. The van der Waals surface area contributed by atoms with Gasteiger partial charge in [0.1, 0.15) is 6.61 Å². The maximum absolute atomic E-state index is 11.7. The fourth-order valence-corrected chi connectivity index (χ4v) is 1.66. The van der Waals surface area contributed by atoms with Gasteiger partial charge >= 0.3 is 5.97 Å². The van der Waals surface area contributed by atoms with Crippen molar-refractivity contribution in [2.45, 2.75) is 33.6 Å². The Morgan fingerprint density at radius 2 is 1.79 bits per heavy atom. The second-order valence-electron chi connectivity index (χ2n) is 5.15. The van der Waals surface area contributed by atoms with Crippen molar-refractivity contribution in [1.82, 2.24) is 0 Å². The van der Waals surface area contributed by atoms with Gasteiger partial charge in [0.05, 0.1) is 12.2 Å². The number of carbonyl (C=O) groups excluding carboxylic acids is 1. The quantitative estimate of drug-likeness (QED) is 0.531. The predicted octanol–water partition coefficient (Wildman–Crippen LogP) is 3.60. The zero-order valence-electron chi connectivity index (χ0n) is 12.1. The highest BCUT2D eigenvalue weighted by Gasteiger charge is 2.05. The molecule has 0 radical (unpaired) electrons. The molecule has 19 heavy (non-hydrogen) atoms. The molecule has 0 spiro atoms. The number of rotatable bonds is 8. The van der Waals surface area contributed by atoms with Crippen LogP contribution in [0, 0.1) is 12.8 Å². The van der Waals surface area contributed by atoms with E-state index in [1.165, 1.54) is 6.42 Å². The van der Waals surface area contributed by atoms with E-state index in [1.54, 1.807) is 12.1 Å². The number of carbonyl (C=O) groups is 1. The van der Waals surface area contributed by atoms with Crippen molar-refractivity contribution in [3.8, 4) is 0 Å². The minimum atomic E-state index is -0.286. The average molecular weight is 264 g/mol. The van der Waals surface area contributed by atoms with Crippen molar-refractivity contribution in [3.05, 3.63) is 35.4 Å². The normalized spacial score (nSPS) is 10.7. The van der Waals surface area contributed by atoms with Crippen LogP contribution in [0.3, 0.4) is 0 Å². The molecular weight excluding hydrogens is 240 g/mol. The summed E-state index contributed by atoms with van der Waals surface area (Å²) in [5.74, 6) is 0.425. The van der Waals surface area contributed by atoms with Gasteiger partial charge in [-0.15, -0.1) is 0 Å². The van der Waals surface area contributed by atoms with Gasteiger partial charge in [-0.2, -0.15) is 0 Å². The maximum atomic E-state index is 11.7. The van der Waals surface area contributed by atoms with Gasteiger partial charge in [-0.05, 0) is 37.8 Å². The van der Waals surface area contributed by atoms with Gasteiger partial charge in [0.15, 0.2) is 0 Å². The first kappa shape index (κ1) is 15.7. The van der Waals surface area contributed by atoms with Crippen LogP contribution in [0.4, 0.5) is 0 Å². The molecule has 0 bridgehead atoms. The molecule has 0 aromatic heterocycles. The lowest BCUT2D eigenvalue weighted by Crippen LogP contribution is -2.11. The molecule has 0 atom stereocenters. The smallest absolute Gasteiger partial charge is 0.338 e. The number of hydrogen-bond acceptors (Lipinski definition) is 3. The largest absolute Gasteiger partial charge is 0.460 e. The van der Waals surface area contributed by atoms with Crippen molar-refractivity contribution in [2.24, 2.45) is 5.92 Å². The molecule has 0 aliphatic heterocycles. The molecular formula is C16H24O3. The molecule has 106 valence electrons. The van der Waals surface area contributed by atoms with Crippen LogP contribution >= 0.6 is 0 Å². The summed E-state index contributed by atoms with van der Waals surface area (Å²) in [6.07, 6.45) is 2.23. The molecule has 0 heterocycles. The summed E-state index contributed by atoms with van der Waals surface area (Å²) in [5, 5.41) is 0. The Kier molecular flexibility index (Phi) is 7.19. The van der Waals surface area contributed by atoms with Gasteiger partial charge in [0, 0.05) is 6.61 Å². The first-order valence-electron chi connectivity index (χ1n) is 6.91. The van der Waals surface area contributed by atoms with Gasteiger partial charge in [-0.3, -0.25) is 0 Å². The van der Waals surface area contributed by atoms with Crippen LogP contribution in [-0.4, -0.2) is 25.8 Å². The predicted molar refractivity (Wildman–Crippen MR) is 76.4 cm³/mol. The Balaban J connectivity index is 2.09. The minimum absolute atomic E-state index is 0.286. The third kappa shape index (κ3) is 6.97. The third-order valence-electron chi connectivity index (χ3n) is 2.82. The summed E-state index contributed by atoms with van der Waals surface area (Å²) in [4.78, 5) is 11.7. The van der Waals surface area contributed by atoms with Gasteiger partial charge in [-0.25, -0.2) is 4.79 Å². The number of esters is 1. The summed E-state index contributed by atoms with van der Waals surface area (Å²) in [6.45, 7) is 7.90. The average Bonchev–Trinajstić information content (AvgIpc) is 2.38. The number of hydrogen-bond donors (Lipinski definition) is 0. The van der Waals surface area contributed by atoms with Crippen LogP contribution in [-0.2, 0) is 9.47 Å². The third-order valence-corrected chi connectivity index (χ3v) is 2.82. The summed E-state index contributed by atoms with van der Waals surface area (Å²) in [7, 11) is 0. The SMILES string of the molecule is Cc1ccc(C(=O)OCCOCCCC(C)C)cc1. The van der Waals surface area contributed by atoms with E-state index in [4.69, 9.17) is 9.47 Å². The Morgan fingerprint density at radius 1 is 1.11 bits per heavy atom. The molecule has 1 aromatic carbocycles. The summed E-state index contributed by atoms with van der Waals surface area (Å²) >= 11 is 0. The fraction of sp³-hybridized carbons (Fsp3) is 0.562. The van der Waals surface area contributed by atoms with Crippen molar-refractivity contribution in [1.29, 1.82) is 0 Å². The lowest BCUT2D eigenvalue weighted by atomic mass is 10.1. The van der Waals surface area contributed by atoms with Crippen LogP contribution in [0.2, 0.25) is 0 Å². The van der Waals surface area contributed by atoms with Crippen molar-refractivity contribution in [3.63, 3.8) is 0 Å². The second kappa shape index (κ2) is 8.70. The van der Waals surface area contributed by atoms with Crippen molar-refractivity contribution >= 4 is 5.97 Å². The molecule has 0 aliphatic carbocycles. The van der Waals surface area contributed by atoms with E-state index in [-0.39, 0.29) is 5.97 Å². The van der Waals surface area contributed by atoms with Crippen molar-refractivity contribution in [2.75, 3.05) is 19.8 Å². The Bertz CT molecular complexity index is 368. The van der Waals surface area contributed by atoms with Crippen LogP contribution in [0.5, 0.6) is 0 Å². The highest BCUT2D eigenvalue weighted by molar-refractivity contribution is 5.89. The highest BCUT2D eigenvalue weighted by Crippen LogP contribution is 2.05. The second-order valence-corrected chi connectivity index (χ2v) is 5.15. The van der Waals surface area contributed by atoms with E-state index < -0.39 is 0 Å².